The van der Waals surface area contributed by atoms with E-state index < -0.39 is 5.97 Å². The first kappa shape index (κ1) is 14.7. The van der Waals surface area contributed by atoms with Crippen molar-refractivity contribution in [3.8, 4) is 5.69 Å². The fourth-order valence-electron chi connectivity index (χ4n) is 2.12. The number of carbonyl (C=O) groups is 1. The second-order valence-corrected chi connectivity index (χ2v) is 6.66. The quantitative estimate of drug-likeness (QED) is 0.912. The number of aromatic carboxylic acids is 1. The van der Waals surface area contributed by atoms with Crippen LogP contribution in [0.2, 0.25) is 0 Å². The van der Waals surface area contributed by atoms with Crippen molar-refractivity contribution in [3.63, 3.8) is 0 Å². The van der Waals surface area contributed by atoms with Crippen molar-refractivity contribution in [2.75, 3.05) is 0 Å². The molecule has 1 heterocycles. The van der Waals surface area contributed by atoms with Crippen LogP contribution in [0.3, 0.4) is 0 Å². The predicted molar refractivity (Wildman–Crippen MR) is 79.5 cm³/mol. The summed E-state index contributed by atoms with van der Waals surface area (Å²) >= 11 is 3.44. The minimum atomic E-state index is -1.06. The highest BCUT2D eigenvalue weighted by Crippen LogP contribution is 2.28. The molecule has 0 aliphatic carbocycles. The topological polar surface area (TPSA) is 68.0 Å². The van der Waals surface area contributed by atoms with Crippen LogP contribution in [0.1, 0.15) is 42.5 Å². The number of aromatic nitrogens is 3. The van der Waals surface area contributed by atoms with Gasteiger partial charge in [-0.15, -0.1) is 5.10 Å². The molecule has 0 bridgehead atoms. The molecule has 0 amide bonds. The van der Waals surface area contributed by atoms with Gasteiger partial charge in [-0.2, -0.15) is 0 Å². The third-order valence-electron chi connectivity index (χ3n) is 2.85. The normalized spacial score (nSPS) is 11.7. The van der Waals surface area contributed by atoms with E-state index in [2.05, 4.69) is 26.2 Å². The molecule has 0 radical (unpaired) electrons. The van der Waals surface area contributed by atoms with Gasteiger partial charge >= 0.3 is 5.97 Å². The highest BCUT2D eigenvalue weighted by Gasteiger charge is 2.29. The maximum absolute atomic E-state index is 11.3. The van der Waals surface area contributed by atoms with Gasteiger partial charge in [-0.3, -0.25) is 0 Å². The van der Waals surface area contributed by atoms with Crippen LogP contribution in [-0.4, -0.2) is 26.1 Å². The Bertz CT molecular complexity index is 651. The number of aryl methyl sites for hydroxylation is 1. The number of carboxylic acid groups (broad SMARTS) is 1. The van der Waals surface area contributed by atoms with E-state index in [-0.39, 0.29) is 11.1 Å². The summed E-state index contributed by atoms with van der Waals surface area (Å²) in [6, 6.07) is 5.82. The van der Waals surface area contributed by atoms with Gasteiger partial charge in [0.2, 0.25) is 0 Å². The third kappa shape index (κ3) is 2.75. The first-order chi connectivity index (χ1) is 9.20. The molecular formula is C14H16BrN3O2. The van der Waals surface area contributed by atoms with Crippen LogP contribution in [0.4, 0.5) is 0 Å². The number of hydrogen-bond donors (Lipinski definition) is 1. The molecular weight excluding hydrogens is 322 g/mol. The van der Waals surface area contributed by atoms with Crippen LogP contribution < -0.4 is 0 Å². The Hall–Kier alpha value is -1.69. The first-order valence-electron chi connectivity index (χ1n) is 6.17. The summed E-state index contributed by atoms with van der Waals surface area (Å²) in [6.45, 7) is 7.80. The molecule has 0 saturated heterocycles. The van der Waals surface area contributed by atoms with Crippen LogP contribution >= 0.6 is 15.9 Å². The molecule has 1 aromatic heterocycles. The summed E-state index contributed by atoms with van der Waals surface area (Å²) in [5.41, 5.74) is 2.05. The van der Waals surface area contributed by atoms with Crippen molar-refractivity contribution in [1.82, 2.24) is 15.0 Å². The third-order valence-corrected chi connectivity index (χ3v) is 3.31. The van der Waals surface area contributed by atoms with Gasteiger partial charge in [0.1, 0.15) is 0 Å². The van der Waals surface area contributed by atoms with Gasteiger partial charge in [0.25, 0.3) is 0 Å². The number of rotatable bonds is 2. The molecule has 0 atom stereocenters. The van der Waals surface area contributed by atoms with E-state index in [1.807, 2.05) is 45.9 Å². The molecule has 2 rings (SSSR count). The van der Waals surface area contributed by atoms with Crippen LogP contribution in [0.25, 0.3) is 5.69 Å². The zero-order chi connectivity index (χ0) is 15.1. The fraction of sp³-hybridized carbons (Fsp3) is 0.357. The second kappa shape index (κ2) is 5.01. The molecule has 0 fully saturated rings. The zero-order valence-electron chi connectivity index (χ0n) is 11.8. The number of nitrogens with zero attached hydrogens (tertiary/aromatic N) is 3. The van der Waals surface area contributed by atoms with Crippen LogP contribution in [0.5, 0.6) is 0 Å². The van der Waals surface area contributed by atoms with E-state index in [1.54, 1.807) is 4.68 Å². The van der Waals surface area contributed by atoms with Crippen molar-refractivity contribution < 1.29 is 9.90 Å². The molecule has 0 unspecified atom stereocenters. The van der Waals surface area contributed by atoms with Crippen molar-refractivity contribution in [1.29, 1.82) is 0 Å². The molecule has 0 saturated carbocycles. The lowest BCUT2D eigenvalue weighted by Crippen LogP contribution is -2.21. The molecule has 2 aromatic rings. The first-order valence-corrected chi connectivity index (χ1v) is 6.96. The van der Waals surface area contributed by atoms with Gasteiger partial charge < -0.3 is 5.11 Å². The summed E-state index contributed by atoms with van der Waals surface area (Å²) in [7, 11) is 0. The van der Waals surface area contributed by atoms with Crippen molar-refractivity contribution in [3.05, 3.63) is 39.6 Å². The van der Waals surface area contributed by atoms with E-state index in [4.69, 9.17) is 0 Å². The zero-order valence-corrected chi connectivity index (χ0v) is 13.4. The van der Waals surface area contributed by atoms with Crippen molar-refractivity contribution in [2.24, 2.45) is 0 Å². The van der Waals surface area contributed by atoms with Gasteiger partial charge in [0, 0.05) is 9.89 Å². The summed E-state index contributed by atoms with van der Waals surface area (Å²) in [4.78, 5) is 11.3. The molecule has 106 valence electrons. The van der Waals surface area contributed by atoms with Crippen LogP contribution in [-0.2, 0) is 5.41 Å². The van der Waals surface area contributed by atoms with E-state index in [0.29, 0.717) is 5.69 Å². The Kier molecular flexibility index (Phi) is 3.69. The highest BCUT2D eigenvalue weighted by molar-refractivity contribution is 9.10. The SMILES string of the molecule is Cc1cc(Br)cc(-n2nnc(C(=O)O)c2C(C)(C)C)c1. The average Bonchev–Trinajstić information content (AvgIpc) is 2.71. The Labute approximate surface area is 125 Å². The van der Waals surface area contributed by atoms with Gasteiger partial charge in [-0.1, -0.05) is 41.9 Å². The average molecular weight is 338 g/mol. The molecule has 1 N–H and O–H groups in total. The molecule has 0 spiro atoms. The van der Waals surface area contributed by atoms with E-state index >= 15 is 0 Å². The Morgan fingerprint density at radius 3 is 2.45 bits per heavy atom. The Balaban J connectivity index is 2.72. The minimum absolute atomic E-state index is 0.00451. The lowest BCUT2D eigenvalue weighted by Gasteiger charge is -2.20. The summed E-state index contributed by atoms with van der Waals surface area (Å²) < 4.78 is 2.51. The van der Waals surface area contributed by atoms with E-state index in [0.717, 1.165) is 15.7 Å². The maximum Gasteiger partial charge on any atom is 0.358 e. The van der Waals surface area contributed by atoms with Gasteiger partial charge in [-0.05, 0) is 30.7 Å². The fourth-order valence-corrected chi connectivity index (χ4v) is 2.71. The second-order valence-electron chi connectivity index (χ2n) is 5.74. The van der Waals surface area contributed by atoms with E-state index in [9.17, 15) is 9.90 Å². The monoisotopic (exact) mass is 337 g/mol. The number of halogens is 1. The van der Waals surface area contributed by atoms with Gasteiger partial charge in [-0.25, -0.2) is 9.48 Å². The van der Waals surface area contributed by atoms with Crippen LogP contribution in [0, 0.1) is 6.92 Å². The minimum Gasteiger partial charge on any atom is -0.476 e. The van der Waals surface area contributed by atoms with Gasteiger partial charge in [0.05, 0.1) is 11.4 Å². The molecule has 6 heteroatoms. The molecule has 5 nitrogen and oxygen atoms in total. The van der Waals surface area contributed by atoms with Crippen LogP contribution in [0.15, 0.2) is 22.7 Å². The number of benzene rings is 1. The number of hydrogen-bond acceptors (Lipinski definition) is 3. The summed E-state index contributed by atoms with van der Waals surface area (Å²) in [5.74, 6) is -1.06. The standard InChI is InChI=1S/C14H16BrN3O2/c1-8-5-9(15)7-10(6-8)18-12(14(2,3)4)11(13(19)20)16-17-18/h5-7H,1-4H3,(H,19,20). The molecule has 20 heavy (non-hydrogen) atoms. The Morgan fingerprint density at radius 2 is 1.95 bits per heavy atom. The lowest BCUT2D eigenvalue weighted by molar-refractivity contribution is 0.0687. The molecule has 0 aliphatic heterocycles. The van der Waals surface area contributed by atoms with Crippen molar-refractivity contribution in [2.45, 2.75) is 33.1 Å². The molecule has 1 aromatic carbocycles. The van der Waals surface area contributed by atoms with E-state index in [1.165, 1.54) is 0 Å². The van der Waals surface area contributed by atoms with Gasteiger partial charge in [0.15, 0.2) is 5.69 Å². The predicted octanol–water partition coefficient (Wildman–Crippen LogP) is 3.33. The lowest BCUT2D eigenvalue weighted by atomic mass is 9.90. The molecule has 0 aliphatic rings. The Morgan fingerprint density at radius 1 is 1.30 bits per heavy atom. The largest absolute Gasteiger partial charge is 0.476 e. The van der Waals surface area contributed by atoms with Crippen molar-refractivity contribution >= 4 is 21.9 Å². The summed E-state index contributed by atoms with van der Waals surface area (Å²) in [5, 5.41) is 17.1. The maximum atomic E-state index is 11.3. The number of carboxylic acids is 1. The smallest absolute Gasteiger partial charge is 0.358 e. The highest BCUT2D eigenvalue weighted by atomic mass is 79.9. The summed E-state index contributed by atoms with van der Waals surface area (Å²) in [6.07, 6.45) is 0.